The molecule has 1 aromatic carbocycles. The number of hydrogen-bond donors (Lipinski definition) is 2. The van der Waals surface area contributed by atoms with Crippen LogP contribution < -0.4 is 10.6 Å². The third kappa shape index (κ3) is 6.92. The molecule has 2 N–H and O–H groups in total. The van der Waals surface area contributed by atoms with Gasteiger partial charge in [0.25, 0.3) is 0 Å². The summed E-state index contributed by atoms with van der Waals surface area (Å²) in [6, 6.07) is 6.80. The third-order valence-electron chi connectivity index (χ3n) is 4.82. The lowest BCUT2D eigenvalue weighted by Crippen LogP contribution is -2.43. The van der Waals surface area contributed by atoms with Gasteiger partial charge in [0.15, 0.2) is 5.96 Å². The van der Waals surface area contributed by atoms with Crippen LogP contribution in [0.4, 0.5) is 4.39 Å². The van der Waals surface area contributed by atoms with Crippen LogP contribution >= 0.6 is 0 Å². The number of hydrogen-bond acceptors (Lipinski definition) is 3. The van der Waals surface area contributed by atoms with Crippen LogP contribution in [0.3, 0.4) is 0 Å². The zero-order valence-corrected chi connectivity index (χ0v) is 16.4. The van der Waals surface area contributed by atoms with E-state index < -0.39 is 0 Å². The van der Waals surface area contributed by atoms with Crippen molar-refractivity contribution in [1.82, 2.24) is 15.5 Å². The predicted octanol–water partition coefficient (Wildman–Crippen LogP) is 2.38. The van der Waals surface area contributed by atoms with Gasteiger partial charge in [-0.3, -0.25) is 9.89 Å². The molecule has 0 aliphatic carbocycles. The molecule has 1 saturated heterocycles. The lowest BCUT2D eigenvalue weighted by atomic mass is 9.84. The van der Waals surface area contributed by atoms with Gasteiger partial charge in [0.05, 0.1) is 13.2 Å². The fraction of sp³-hybridized carbons (Fsp3) is 0.650. The van der Waals surface area contributed by atoms with Crippen LogP contribution in [0.15, 0.2) is 29.3 Å². The Balaban J connectivity index is 1.67. The van der Waals surface area contributed by atoms with Crippen molar-refractivity contribution in [2.24, 2.45) is 4.99 Å². The Morgan fingerprint density at radius 1 is 1.23 bits per heavy atom. The van der Waals surface area contributed by atoms with Crippen molar-refractivity contribution in [2.75, 3.05) is 53.0 Å². The van der Waals surface area contributed by atoms with Crippen LogP contribution in [0.25, 0.3) is 0 Å². The number of nitrogens with one attached hydrogen (secondary N) is 2. The molecule has 146 valence electrons. The highest BCUT2D eigenvalue weighted by atomic mass is 19.1. The predicted molar refractivity (Wildman–Crippen MR) is 105 cm³/mol. The quantitative estimate of drug-likeness (QED) is 0.422. The molecule has 0 spiro atoms. The smallest absolute Gasteiger partial charge is 0.191 e. The molecular formula is C20H33FN4O. The minimum Gasteiger partial charge on any atom is -0.379 e. The number of halogens is 1. The molecule has 0 radical (unpaired) electrons. The highest BCUT2D eigenvalue weighted by molar-refractivity contribution is 5.79. The van der Waals surface area contributed by atoms with E-state index in [1.807, 2.05) is 6.07 Å². The average molecular weight is 365 g/mol. The molecule has 6 heteroatoms. The minimum atomic E-state index is -0.196. The van der Waals surface area contributed by atoms with Gasteiger partial charge in [-0.05, 0) is 37.1 Å². The highest BCUT2D eigenvalue weighted by Crippen LogP contribution is 2.22. The molecule has 1 aliphatic heterocycles. The summed E-state index contributed by atoms with van der Waals surface area (Å²) in [5.74, 6) is 0.596. The third-order valence-corrected chi connectivity index (χ3v) is 4.82. The van der Waals surface area contributed by atoms with Gasteiger partial charge in [-0.15, -0.1) is 0 Å². The van der Waals surface area contributed by atoms with E-state index in [0.717, 1.165) is 57.3 Å². The van der Waals surface area contributed by atoms with E-state index in [9.17, 15) is 4.39 Å². The van der Waals surface area contributed by atoms with Gasteiger partial charge in [-0.2, -0.15) is 0 Å². The molecule has 0 bridgehead atoms. The van der Waals surface area contributed by atoms with Crippen LogP contribution in [0.2, 0.25) is 0 Å². The molecule has 1 fully saturated rings. The van der Waals surface area contributed by atoms with Crippen molar-refractivity contribution < 1.29 is 9.13 Å². The summed E-state index contributed by atoms with van der Waals surface area (Å²) in [6.45, 7) is 10.7. The second-order valence-electron chi connectivity index (χ2n) is 7.41. The second-order valence-corrected chi connectivity index (χ2v) is 7.41. The van der Waals surface area contributed by atoms with Crippen LogP contribution in [0.5, 0.6) is 0 Å². The van der Waals surface area contributed by atoms with Gasteiger partial charge < -0.3 is 15.4 Å². The van der Waals surface area contributed by atoms with Crippen molar-refractivity contribution in [2.45, 2.75) is 32.1 Å². The zero-order valence-electron chi connectivity index (χ0n) is 16.4. The first-order valence-corrected chi connectivity index (χ1v) is 9.52. The number of benzene rings is 1. The molecular weight excluding hydrogens is 331 g/mol. The largest absolute Gasteiger partial charge is 0.379 e. The second kappa shape index (κ2) is 10.5. The number of ether oxygens (including phenoxy) is 1. The monoisotopic (exact) mass is 364 g/mol. The molecule has 0 aromatic heterocycles. The number of morpholine rings is 1. The van der Waals surface area contributed by atoms with Crippen LogP contribution in [0.1, 0.15) is 32.3 Å². The maximum atomic E-state index is 13.5. The summed E-state index contributed by atoms with van der Waals surface area (Å²) >= 11 is 0. The maximum absolute atomic E-state index is 13.5. The summed E-state index contributed by atoms with van der Waals surface area (Å²) < 4.78 is 18.8. The number of unbranched alkanes of at least 4 members (excludes halogenated alkanes) is 1. The Hall–Kier alpha value is -1.66. The van der Waals surface area contributed by atoms with Gasteiger partial charge in [0.1, 0.15) is 5.82 Å². The molecule has 0 atom stereocenters. The first-order valence-electron chi connectivity index (χ1n) is 9.52. The van der Waals surface area contributed by atoms with E-state index in [2.05, 4.69) is 34.4 Å². The van der Waals surface area contributed by atoms with E-state index in [0.29, 0.717) is 6.54 Å². The molecule has 1 aliphatic rings. The van der Waals surface area contributed by atoms with Crippen LogP contribution in [0, 0.1) is 5.82 Å². The molecule has 5 nitrogen and oxygen atoms in total. The normalized spacial score (nSPS) is 16.5. The number of guanidine groups is 1. The first kappa shape index (κ1) is 20.6. The van der Waals surface area contributed by atoms with Gasteiger partial charge in [0, 0.05) is 38.6 Å². The Kier molecular flexibility index (Phi) is 8.32. The fourth-order valence-corrected chi connectivity index (χ4v) is 3.03. The van der Waals surface area contributed by atoms with Gasteiger partial charge in [0.2, 0.25) is 0 Å². The number of nitrogens with zero attached hydrogens (tertiary/aromatic N) is 2. The number of rotatable bonds is 8. The topological polar surface area (TPSA) is 48.9 Å². The molecule has 0 saturated carbocycles. The molecule has 0 unspecified atom stereocenters. The van der Waals surface area contributed by atoms with Crippen molar-refractivity contribution in [3.8, 4) is 0 Å². The highest BCUT2D eigenvalue weighted by Gasteiger charge is 2.21. The van der Waals surface area contributed by atoms with Gasteiger partial charge >= 0.3 is 0 Å². The van der Waals surface area contributed by atoms with E-state index in [1.54, 1.807) is 19.2 Å². The number of aliphatic imine (C=N–C) groups is 1. The van der Waals surface area contributed by atoms with E-state index in [-0.39, 0.29) is 11.2 Å². The summed E-state index contributed by atoms with van der Waals surface area (Å²) in [4.78, 5) is 6.74. The average Bonchev–Trinajstić information content (AvgIpc) is 2.65. The van der Waals surface area contributed by atoms with Crippen molar-refractivity contribution in [1.29, 1.82) is 0 Å². The van der Waals surface area contributed by atoms with E-state index in [1.165, 1.54) is 12.5 Å². The molecule has 1 aromatic rings. The van der Waals surface area contributed by atoms with E-state index in [4.69, 9.17) is 4.74 Å². The van der Waals surface area contributed by atoms with Crippen molar-refractivity contribution in [3.05, 3.63) is 35.6 Å². The molecule has 0 amide bonds. The van der Waals surface area contributed by atoms with Crippen LogP contribution in [-0.2, 0) is 10.2 Å². The molecule has 2 rings (SSSR count). The lowest BCUT2D eigenvalue weighted by Gasteiger charge is -2.27. The summed E-state index contributed by atoms with van der Waals surface area (Å²) in [6.07, 6.45) is 2.27. The first-order chi connectivity index (χ1) is 12.5. The van der Waals surface area contributed by atoms with Crippen LogP contribution in [-0.4, -0.2) is 63.8 Å². The summed E-state index contributed by atoms with van der Waals surface area (Å²) in [5, 5.41) is 6.72. The summed E-state index contributed by atoms with van der Waals surface area (Å²) in [5.41, 5.74) is 0.793. The Morgan fingerprint density at radius 2 is 2.00 bits per heavy atom. The fourth-order valence-electron chi connectivity index (χ4n) is 3.03. The SMILES string of the molecule is CN=C(NCCCCN1CCOCC1)NCC(C)(C)c1cccc(F)c1. The maximum Gasteiger partial charge on any atom is 0.191 e. The Morgan fingerprint density at radius 3 is 2.69 bits per heavy atom. The van der Waals surface area contributed by atoms with Gasteiger partial charge in [-0.25, -0.2) is 4.39 Å². The Bertz CT molecular complexity index is 571. The lowest BCUT2D eigenvalue weighted by molar-refractivity contribution is 0.0372. The Labute approximate surface area is 157 Å². The van der Waals surface area contributed by atoms with E-state index >= 15 is 0 Å². The minimum absolute atomic E-state index is 0.184. The summed E-state index contributed by atoms with van der Waals surface area (Å²) in [7, 11) is 1.78. The van der Waals surface area contributed by atoms with Crippen molar-refractivity contribution >= 4 is 5.96 Å². The molecule has 26 heavy (non-hydrogen) atoms. The molecule has 1 heterocycles. The van der Waals surface area contributed by atoms with Gasteiger partial charge in [-0.1, -0.05) is 26.0 Å². The zero-order chi connectivity index (χ0) is 18.8. The van der Waals surface area contributed by atoms with Crippen molar-refractivity contribution in [3.63, 3.8) is 0 Å². The standard InChI is InChI=1S/C20H33FN4O/c1-20(2,17-7-6-8-18(21)15-17)16-24-19(22-3)23-9-4-5-10-25-11-13-26-14-12-25/h6-8,15H,4-5,9-14,16H2,1-3H3,(H2,22,23,24).